The van der Waals surface area contributed by atoms with Crippen molar-refractivity contribution < 1.29 is 4.79 Å². The maximum atomic E-state index is 9.94. The molecule has 2 heteroatoms. The first-order valence-corrected chi connectivity index (χ1v) is 4.85. The number of rotatable bonds is 8. The number of unbranched alkanes of at least 4 members (excludes halogenated alkanes) is 7. The van der Waals surface area contributed by atoms with Gasteiger partial charge in [0.25, 0.3) is 0 Å². The second-order valence-corrected chi connectivity index (χ2v) is 3.08. The van der Waals surface area contributed by atoms with Crippen LogP contribution >= 0.6 is 0 Å². The number of hydrogen-bond donors (Lipinski definition) is 0. The molecule has 0 atom stereocenters. The number of carbonyl (C=O) groups is 1. The Morgan fingerprint density at radius 2 is 1.42 bits per heavy atom. The van der Waals surface area contributed by atoms with E-state index in [4.69, 9.17) is 0 Å². The summed E-state index contributed by atoms with van der Waals surface area (Å²) in [6.07, 6.45) is 10.8. The van der Waals surface area contributed by atoms with E-state index in [9.17, 15) is 4.79 Å². The van der Waals surface area contributed by atoms with E-state index >= 15 is 0 Å². The molecule has 0 aliphatic rings. The third-order valence-corrected chi connectivity index (χ3v) is 1.93. The van der Waals surface area contributed by atoms with Gasteiger partial charge >= 0.3 is 29.6 Å². The second-order valence-electron chi connectivity index (χ2n) is 3.08. The SMILES string of the molecule is CCCCCCCCCC=O.[NaH]. The molecule has 0 radical (unpaired) electrons. The number of carbonyl (C=O) groups excluding carboxylic acids is 1. The average molecular weight is 180 g/mol. The topological polar surface area (TPSA) is 17.1 Å². The van der Waals surface area contributed by atoms with E-state index in [1.807, 2.05) is 0 Å². The third-order valence-electron chi connectivity index (χ3n) is 1.93. The van der Waals surface area contributed by atoms with Crippen LogP contribution in [0.1, 0.15) is 58.3 Å². The van der Waals surface area contributed by atoms with E-state index in [1.165, 1.54) is 38.5 Å². The summed E-state index contributed by atoms with van der Waals surface area (Å²) in [7, 11) is 0. The van der Waals surface area contributed by atoms with E-state index in [2.05, 4.69) is 6.92 Å². The van der Waals surface area contributed by atoms with Crippen LogP contribution in [-0.4, -0.2) is 35.8 Å². The summed E-state index contributed by atoms with van der Waals surface area (Å²) in [5, 5.41) is 0. The van der Waals surface area contributed by atoms with Crippen molar-refractivity contribution in [2.75, 3.05) is 0 Å². The summed E-state index contributed by atoms with van der Waals surface area (Å²) in [6.45, 7) is 2.23. The quantitative estimate of drug-likeness (QED) is 0.319. The van der Waals surface area contributed by atoms with Crippen molar-refractivity contribution in [1.29, 1.82) is 0 Å². The zero-order chi connectivity index (χ0) is 8.36. The Bertz CT molecular complexity index is 83.9. The third kappa shape index (κ3) is 13.3. The van der Waals surface area contributed by atoms with Crippen LogP contribution in [0.3, 0.4) is 0 Å². The van der Waals surface area contributed by atoms with Crippen molar-refractivity contribution in [3.05, 3.63) is 0 Å². The molecule has 0 heterocycles. The van der Waals surface area contributed by atoms with Gasteiger partial charge in [-0.1, -0.05) is 45.4 Å². The normalized spacial score (nSPS) is 9.08. The zero-order valence-electron chi connectivity index (χ0n) is 7.64. The van der Waals surface area contributed by atoms with Gasteiger partial charge in [0.2, 0.25) is 0 Å². The van der Waals surface area contributed by atoms with Crippen molar-refractivity contribution in [2.45, 2.75) is 58.3 Å². The Morgan fingerprint density at radius 3 is 1.92 bits per heavy atom. The van der Waals surface area contributed by atoms with E-state index in [-0.39, 0.29) is 29.6 Å². The van der Waals surface area contributed by atoms with Crippen molar-refractivity contribution in [3.8, 4) is 0 Å². The predicted octanol–water partition coefficient (Wildman–Crippen LogP) is 2.68. The summed E-state index contributed by atoms with van der Waals surface area (Å²) in [5.41, 5.74) is 0. The fourth-order valence-electron chi connectivity index (χ4n) is 1.18. The van der Waals surface area contributed by atoms with Crippen LogP contribution in [0.2, 0.25) is 0 Å². The molecule has 0 spiro atoms. The van der Waals surface area contributed by atoms with Gasteiger partial charge in [-0.25, -0.2) is 0 Å². The van der Waals surface area contributed by atoms with Crippen molar-refractivity contribution in [1.82, 2.24) is 0 Å². The Labute approximate surface area is 98.6 Å². The van der Waals surface area contributed by atoms with Crippen molar-refractivity contribution in [2.24, 2.45) is 0 Å². The van der Waals surface area contributed by atoms with Crippen molar-refractivity contribution >= 4 is 35.8 Å². The summed E-state index contributed by atoms with van der Waals surface area (Å²) >= 11 is 0. The van der Waals surface area contributed by atoms with Crippen LogP contribution in [0.5, 0.6) is 0 Å². The first-order chi connectivity index (χ1) is 5.41. The van der Waals surface area contributed by atoms with E-state index in [1.54, 1.807) is 0 Å². The predicted molar refractivity (Wildman–Crippen MR) is 55.8 cm³/mol. The first kappa shape index (κ1) is 15.2. The monoisotopic (exact) mass is 180 g/mol. The van der Waals surface area contributed by atoms with Gasteiger partial charge in [-0.2, -0.15) is 0 Å². The molecule has 0 amide bonds. The van der Waals surface area contributed by atoms with E-state index < -0.39 is 0 Å². The molecule has 0 aromatic rings. The molecular weight excluding hydrogens is 159 g/mol. The molecule has 0 saturated heterocycles. The summed E-state index contributed by atoms with van der Waals surface area (Å²) in [4.78, 5) is 9.94. The number of hydrogen-bond acceptors (Lipinski definition) is 1. The van der Waals surface area contributed by atoms with Crippen LogP contribution in [0.4, 0.5) is 0 Å². The fourth-order valence-corrected chi connectivity index (χ4v) is 1.18. The van der Waals surface area contributed by atoms with Gasteiger partial charge in [0, 0.05) is 6.42 Å². The Kier molecular flexibility index (Phi) is 17.9. The van der Waals surface area contributed by atoms with Gasteiger partial charge in [0.05, 0.1) is 0 Å². The molecule has 0 aliphatic carbocycles. The Balaban J connectivity index is 0. The summed E-state index contributed by atoms with van der Waals surface area (Å²) in [6, 6.07) is 0. The molecule has 0 saturated carbocycles. The number of aldehydes is 1. The molecule has 68 valence electrons. The molecule has 12 heavy (non-hydrogen) atoms. The summed E-state index contributed by atoms with van der Waals surface area (Å²) < 4.78 is 0. The Hall–Kier alpha value is 0.670. The minimum absolute atomic E-state index is 0. The van der Waals surface area contributed by atoms with Gasteiger partial charge in [-0.3, -0.25) is 0 Å². The van der Waals surface area contributed by atoms with Gasteiger partial charge in [-0.05, 0) is 6.42 Å². The van der Waals surface area contributed by atoms with Crippen LogP contribution in [0.15, 0.2) is 0 Å². The molecule has 0 aromatic carbocycles. The molecule has 0 N–H and O–H groups in total. The molecule has 0 aromatic heterocycles. The van der Waals surface area contributed by atoms with Crippen LogP contribution in [0, 0.1) is 0 Å². The molecule has 0 bridgehead atoms. The van der Waals surface area contributed by atoms with Gasteiger partial charge in [-0.15, -0.1) is 0 Å². The van der Waals surface area contributed by atoms with E-state index in [0.717, 1.165) is 19.1 Å². The first-order valence-electron chi connectivity index (χ1n) is 4.85. The molecule has 1 nitrogen and oxygen atoms in total. The van der Waals surface area contributed by atoms with Gasteiger partial charge in [0.1, 0.15) is 6.29 Å². The van der Waals surface area contributed by atoms with Crippen LogP contribution in [-0.2, 0) is 4.79 Å². The second kappa shape index (κ2) is 14.2. The molecule has 0 unspecified atom stereocenters. The molecule has 0 rings (SSSR count). The van der Waals surface area contributed by atoms with Gasteiger partial charge in [0.15, 0.2) is 0 Å². The zero-order valence-corrected chi connectivity index (χ0v) is 7.64. The van der Waals surface area contributed by atoms with Crippen molar-refractivity contribution in [3.63, 3.8) is 0 Å². The fraction of sp³-hybridized carbons (Fsp3) is 0.900. The molecular formula is C10H21NaO. The van der Waals surface area contributed by atoms with Crippen LogP contribution < -0.4 is 0 Å². The Morgan fingerprint density at radius 1 is 0.917 bits per heavy atom. The molecule has 0 fully saturated rings. The summed E-state index contributed by atoms with van der Waals surface area (Å²) in [5.74, 6) is 0. The minimum atomic E-state index is 0. The van der Waals surface area contributed by atoms with E-state index in [0.29, 0.717) is 0 Å². The standard InChI is InChI=1S/C10H20O.Na.H/c1-2-3-4-5-6-7-8-9-10-11;;/h10H,2-9H2,1H3;;. The average Bonchev–Trinajstić information content (AvgIpc) is 2.03. The van der Waals surface area contributed by atoms with Crippen LogP contribution in [0.25, 0.3) is 0 Å². The van der Waals surface area contributed by atoms with Gasteiger partial charge < -0.3 is 4.79 Å². The maximum absolute atomic E-state index is 9.94. The molecule has 0 aliphatic heterocycles.